The lowest BCUT2D eigenvalue weighted by Crippen LogP contribution is -2.41. The fourth-order valence-corrected chi connectivity index (χ4v) is 3.62. The van der Waals surface area contributed by atoms with Crippen molar-refractivity contribution in [3.8, 4) is 0 Å². The summed E-state index contributed by atoms with van der Waals surface area (Å²) in [6.07, 6.45) is 1.87. The Morgan fingerprint density at radius 1 is 0.929 bits per heavy atom. The number of rotatable bonds is 5. The quantitative estimate of drug-likeness (QED) is 0.694. The Balaban J connectivity index is 1.60. The summed E-state index contributed by atoms with van der Waals surface area (Å²) in [5.41, 5.74) is 7.20. The van der Waals surface area contributed by atoms with Gasteiger partial charge in [-0.2, -0.15) is 5.10 Å². The molecule has 0 unspecified atom stereocenters. The van der Waals surface area contributed by atoms with Crippen molar-refractivity contribution in [1.82, 2.24) is 15.4 Å². The molecule has 0 saturated heterocycles. The lowest BCUT2D eigenvalue weighted by Gasteiger charge is -2.31. The molecular formula is C24H28N4. The molecule has 1 N–H and O–H groups in total. The van der Waals surface area contributed by atoms with E-state index in [1.807, 2.05) is 6.34 Å². The molecule has 1 heterocycles. The first-order valence-corrected chi connectivity index (χ1v) is 9.84. The van der Waals surface area contributed by atoms with Crippen LogP contribution in [0, 0.1) is 0 Å². The average Bonchev–Trinajstić information content (AvgIpc) is 3.22. The summed E-state index contributed by atoms with van der Waals surface area (Å²) in [5.74, 6) is 0. The maximum atomic E-state index is 4.19. The molecule has 3 aromatic rings. The number of hydrogen-bond acceptors (Lipinski definition) is 4. The lowest BCUT2D eigenvalue weighted by molar-refractivity contribution is 0.0355. The largest absolute Gasteiger partial charge is 0.288 e. The summed E-state index contributed by atoms with van der Waals surface area (Å²) in [5, 5.41) is 11.3. The van der Waals surface area contributed by atoms with E-state index in [-0.39, 0.29) is 5.41 Å². The molecule has 0 amide bonds. The number of nitrogens with zero attached hydrogens (tertiary/aromatic N) is 3. The Bertz CT molecular complexity index is 965. The molecular weight excluding hydrogens is 344 g/mol. The van der Waals surface area contributed by atoms with Crippen molar-refractivity contribution in [3.63, 3.8) is 0 Å². The monoisotopic (exact) mass is 372 g/mol. The second-order valence-corrected chi connectivity index (χ2v) is 8.41. The van der Waals surface area contributed by atoms with E-state index in [1.165, 1.54) is 27.5 Å². The van der Waals surface area contributed by atoms with Crippen LogP contribution in [0.5, 0.6) is 0 Å². The normalized spacial score (nSPS) is 14.1. The predicted molar refractivity (Wildman–Crippen MR) is 117 cm³/mol. The molecule has 0 atom stereocenters. The summed E-state index contributed by atoms with van der Waals surface area (Å²) in [4.78, 5) is 0. The van der Waals surface area contributed by atoms with Gasteiger partial charge in [0.05, 0.1) is 0 Å². The molecule has 4 rings (SSSR count). The van der Waals surface area contributed by atoms with Gasteiger partial charge in [0.15, 0.2) is 0 Å². The molecule has 4 heteroatoms. The molecule has 0 aliphatic carbocycles. The minimum Gasteiger partial charge on any atom is -0.288 e. The smallest absolute Gasteiger partial charge is 0.127 e. The minimum absolute atomic E-state index is 0.173. The Morgan fingerprint density at radius 2 is 1.68 bits per heavy atom. The van der Waals surface area contributed by atoms with Crippen LogP contribution in [0.3, 0.4) is 0 Å². The maximum absolute atomic E-state index is 4.19. The van der Waals surface area contributed by atoms with Gasteiger partial charge < -0.3 is 0 Å². The first-order valence-electron chi connectivity index (χ1n) is 9.84. The van der Waals surface area contributed by atoms with Gasteiger partial charge in [0.1, 0.15) is 13.0 Å². The minimum atomic E-state index is 0.173. The fraction of sp³-hybridized carbons (Fsp3) is 0.292. The molecule has 0 bridgehead atoms. The topological polar surface area (TPSA) is 30.9 Å². The third-order valence-corrected chi connectivity index (χ3v) is 5.30. The van der Waals surface area contributed by atoms with Crippen LogP contribution in [-0.2, 0) is 18.5 Å². The number of hydrazine groups is 1. The standard InChI is InChI=1S/C24H28N4/c1-24(2,3)22-13-11-19(12-14-22)15-27(28-17-25-26-18-28)16-21-9-6-8-20-7-4-5-10-23(20)21/h4-14,17,26H,15-16,18H2,1-3H3. The van der Waals surface area contributed by atoms with E-state index < -0.39 is 0 Å². The van der Waals surface area contributed by atoms with Crippen LogP contribution in [0.15, 0.2) is 71.8 Å². The van der Waals surface area contributed by atoms with E-state index in [9.17, 15) is 0 Å². The van der Waals surface area contributed by atoms with Crippen molar-refractivity contribution in [3.05, 3.63) is 83.4 Å². The first kappa shape index (κ1) is 18.5. The van der Waals surface area contributed by atoms with Crippen LogP contribution in [-0.4, -0.2) is 23.0 Å². The number of fused-ring (bicyclic) bond motifs is 1. The van der Waals surface area contributed by atoms with Gasteiger partial charge in [-0.3, -0.25) is 10.4 Å². The van der Waals surface area contributed by atoms with Crippen LogP contribution < -0.4 is 5.43 Å². The summed E-state index contributed by atoms with van der Waals surface area (Å²) in [7, 11) is 0. The van der Waals surface area contributed by atoms with Crippen LogP contribution in [0.1, 0.15) is 37.5 Å². The summed E-state index contributed by atoms with van der Waals surface area (Å²) >= 11 is 0. The SMILES string of the molecule is CC(C)(C)c1ccc(CN(Cc2cccc3ccccc23)N2C=NNC2)cc1. The third kappa shape index (κ3) is 4.02. The van der Waals surface area contributed by atoms with Gasteiger partial charge in [-0.05, 0) is 32.9 Å². The summed E-state index contributed by atoms with van der Waals surface area (Å²) in [6, 6.07) is 24.1. The summed E-state index contributed by atoms with van der Waals surface area (Å²) in [6.45, 7) is 9.12. The molecule has 28 heavy (non-hydrogen) atoms. The highest BCUT2D eigenvalue weighted by Crippen LogP contribution is 2.24. The van der Waals surface area contributed by atoms with E-state index >= 15 is 0 Å². The van der Waals surface area contributed by atoms with Crippen molar-refractivity contribution in [2.75, 3.05) is 6.67 Å². The van der Waals surface area contributed by atoms with Crippen LogP contribution in [0.25, 0.3) is 10.8 Å². The highest BCUT2D eigenvalue weighted by Gasteiger charge is 2.18. The van der Waals surface area contributed by atoms with E-state index in [4.69, 9.17) is 0 Å². The Hall–Kier alpha value is -2.85. The van der Waals surface area contributed by atoms with Crippen LogP contribution in [0.2, 0.25) is 0 Å². The lowest BCUT2D eigenvalue weighted by atomic mass is 9.87. The Kier molecular flexibility index (Phi) is 5.05. The zero-order valence-electron chi connectivity index (χ0n) is 16.9. The zero-order valence-corrected chi connectivity index (χ0v) is 16.9. The van der Waals surface area contributed by atoms with Crippen molar-refractivity contribution in [2.24, 2.45) is 5.10 Å². The number of hydrogen-bond donors (Lipinski definition) is 1. The second kappa shape index (κ2) is 7.64. The highest BCUT2D eigenvalue weighted by molar-refractivity contribution is 5.85. The molecule has 0 fully saturated rings. The van der Waals surface area contributed by atoms with Crippen LogP contribution in [0.4, 0.5) is 0 Å². The fourth-order valence-electron chi connectivity index (χ4n) is 3.62. The molecule has 3 aromatic carbocycles. The predicted octanol–water partition coefficient (Wildman–Crippen LogP) is 4.86. The van der Waals surface area contributed by atoms with E-state index in [0.29, 0.717) is 6.67 Å². The van der Waals surface area contributed by atoms with Crippen molar-refractivity contribution >= 4 is 17.1 Å². The van der Waals surface area contributed by atoms with E-state index in [2.05, 4.69) is 108 Å². The van der Waals surface area contributed by atoms with Gasteiger partial charge in [-0.25, -0.2) is 5.01 Å². The zero-order chi connectivity index (χ0) is 19.6. The first-order chi connectivity index (χ1) is 13.5. The van der Waals surface area contributed by atoms with Gasteiger partial charge >= 0.3 is 0 Å². The van der Waals surface area contributed by atoms with Crippen molar-refractivity contribution in [1.29, 1.82) is 0 Å². The number of hydrazone groups is 1. The van der Waals surface area contributed by atoms with Crippen LogP contribution >= 0.6 is 0 Å². The average molecular weight is 373 g/mol. The second-order valence-electron chi connectivity index (χ2n) is 8.41. The molecule has 0 spiro atoms. The van der Waals surface area contributed by atoms with Crippen molar-refractivity contribution in [2.45, 2.75) is 39.3 Å². The molecule has 1 aliphatic heterocycles. The van der Waals surface area contributed by atoms with Crippen molar-refractivity contribution < 1.29 is 0 Å². The molecule has 0 saturated carbocycles. The molecule has 0 aromatic heterocycles. The third-order valence-electron chi connectivity index (χ3n) is 5.30. The van der Waals surface area contributed by atoms with E-state index in [1.54, 1.807) is 0 Å². The molecule has 0 radical (unpaired) electrons. The van der Waals surface area contributed by atoms with E-state index in [0.717, 1.165) is 13.1 Å². The molecule has 144 valence electrons. The van der Waals surface area contributed by atoms with Gasteiger partial charge in [0.2, 0.25) is 0 Å². The number of benzene rings is 3. The molecule has 4 nitrogen and oxygen atoms in total. The maximum Gasteiger partial charge on any atom is 0.127 e. The van der Waals surface area contributed by atoms with Gasteiger partial charge in [-0.15, -0.1) is 0 Å². The van der Waals surface area contributed by atoms with Gasteiger partial charge in [-0.1, -0.05) is 87.5 Å². The highest BCUT2D eigenvalue weighted by atomic mass is 15.7. The molecule has 1 aliphatic rings. The Morgan fingerprint density at radius 3 is 2.39 bits per heavy atom. The van der Waals surface area contributed by atoms with Gasteiger partial charge in [0, 0.05) is 13.1 Å². The van der Waals surface area contributed by atoms with Gasteiger partial charge in [0.25, 0.3) is 0 Å². The summed E-state index contributed by atoms with van der Waals surface area (Å²) < 4.78 is 0. The number of nitrogens with one attached hydrogen (secondary N) is 1. The Labute approximate surface area is 167 Å².